The molecule has 1 aliphatic carbocycles. The van der Waals surface area contributed by atoms with E-state index in [9.17, 15) is 14.9 Å². The van der Waals surface area contributed by atoms with E-state index >= 15 is 0 Å². The Hall–Kier alpha value is -3.91. The smallest absolute Gasteiger partial charge is 0.331 e. The van der Waals surface area contributed by atoms with Crippen LogP contribution in [0.25, 0.3) is 11.2 Å². The highest BCUT2D eigenvalue weighted by atomic mass is 16.5. The first-order chi connectivity index (χ1) is 18.0. The summed E-state index contributed by atoms with van der Waals surface area (Å²) in [6.45, 7) is 1.88. The lowest BCUT2D eigenvalue weighted by Crippen LogP contribution is -2.43. The number of amides is 1. The molecule has 0 bridgehead atoms. The van der Waals surface area contributed by atoms with Crippen molar-refractivity contribution in [1.82, 2.24) is 29.3 Å². The second-order valence-corrected chi connectivity index (χ2v) is 9.83. The number of likely N-dealkylation sites (tertiary alicyclic amines) is 1. The fourth-order valence-corrected chi connectivity index (χ4v) is 5.31. The van der Waals surface area contributed by atoms with Gasteiger partial charge in [0.1, 0.15) is 17.8 Å². The summed E-state index contributed by atoms with van der Waals surface area (Å²) in [7, 11) is 3.63. The molecule has 1 aliphatic heterocycles. The minimum Gasteiger partial charge on any atom is -0.495 e. The first-order valence-corrected chi connectivity index (χ1v) is 12.8. The number of piperidine rings is 1. The molecule has 5 rings (SSSR count). The molecule has 37 heavy (non-hydrogen) atoms. The zero-order chi connectivity index (χ0) is 25.9. The third-order valence-corrected chi connectivity index (χ3v) is 7.39. The quantitative estimate of drug-likeness (QED) is 0.502. The molecule has 1 amide bonds. The van der Waals surface area contributed by atoms with Gasteiger partial charge in [-0.2, -0.15) is 10.2 Å². The van der Waals surface area contributed by atoms with Gasteiger partial charge in [-0.1, -0.05) is 12.8 Å². The largest absolute Gasteiger partial charge is 0.495 e. The van der Waals surface area contributed by atoms with E-state index in [0.717, 1.165) is 51.6 Å². The summed E-state index contributed by atoms with van der Waals surface area (Å²) in [4.78, 5) is 37.3. The highest BCUT2D eigenvalue weighted by Gasteiger charge is 2.25. The first kappa shape index (κ1) is 24.8. The third kappa shape index (κ3) is 5.02. The minimum atomic E-state index is -0.229. The predicted octanol–water partition coefficient (Wildman–Crippen LogP) is 2.81. The second kappa shape index (κ2) is 10.6. The van der Waals surface area contributed by atoms with Crippen LogP contribution in [0.3, 0.4) is 0 Å². The molecule has 2 N–H and O–H groups in total. The van der Waals surface area contributed by atoms with Crippen LogP contribution in [0.4, 0.5) is 11.6 Å². The Balaban J connectivity index is 1.40. The van der Waals surface area contributed by atoms with Crippen molar-refractivity contribution in [1.29, 1.82) is 5.26 Å². The standard InChI is InChI=1S/C26H32N8O3/c1-32-12-9-18(10-13-32)29-24(35)17-7-8-20(22(15-17)37-2)30-25-28-16-21-23(31-25)34(19-5-3-4-6-19)26(36)33(21)14-11-27/h7-8,15-16,18-19H,3-6,9-10,12-14H2,1-2H3,(H,29,35)(H,28,30,31). The van der Waals surface area contributed by atoms with Gasteiger partial charge in [0.15, 0.2) is 5.65 Å². The molecule has 3 heterocycles. The van der Waals surface area contributed by atoms with Gasteiger partial charge in [-0.05, 0) is 64.0 Å². The zero-order valence-electron chi connectivity index (χ0n) is 21.2. The van der Waals surface area contributed by atoms with E-state index in [1.807, 2.05) is 0 Å². The summed E-state index contributed by atoms with van der Waals surface area (Å²) >= 11 is 0. The second-order valence-electron chi connectivity index (χ2n) is 9.83. The number of carbonyl (C=O) groups is 1. The van der Waals surface area contributed by atoms with Crippen molar-refractivity contribution in [3.63, 3.8) is 0 Å². The number of ether oxygens (including phenoxy) is 1. The molecule has 0 unspecified atom stereocenters. The zero-order valence-corrected chi connectivity index (χ0v) is 21.2. The number of hydrogen-bond donors (Lipinski definition) is 2. The van der Waals surface area contributed by atoms with E-state index in [1.165, 1.54) is 4.57 Å². The molecule has 2 fully saturated rings. The molecule has 1 saturated carbocycles. The Morgan fingerprint density at radius 2 is 1.97 bits per heavy atom. The van der Waals surface area contributed by atoms with Gasteiger partial charge >= 0.3 is 5.69 Å². The van der Waals surface area contributed by atoms with Gasteiger partial charge in [-0.15, -0.1) is 0 Å². The molecular formula is C26H32N8O3. The molecular weight excluding hydrogens is 472 g/mol. The third-order valence-electron chi connectivity index (χ3n) is 7.39. The van der Waals surface area contributed by atoms with E-state index in [-0.39, 0.29) is 30.2 Å². The number of hydrogen-bond acceptors (Lipinski definition) is 8. The number of nitriles is 1. The SMILES string of the molecule is COc1cc(C(=O)NC2CCN(C)CC2)ccc1Nc1ncc2c(n1)n(C1CCCC1)c(=O)n2CC#N. The number of benzene rings is 1. The Bertz CT molecular complexity index is 1390. The number of anilines is 2. The molecule has 1 aromatic carbocycles. The van der Waals surface area contributed by atoms with Crippen LogP contribution >= 0.6 is 0 Å². The summed E-state index contributed by atoms with van der Waals surface area (Å²) in [6, 6.07) is 7.49. The molecule has 2 aliphatic rings. The Labute approximate surface area is 215 Å². The fraction of sp³-hybridized carbons (Fsp3) is 0.500. The van der Waals surface area contributed by atoms with E-state index < -0.39 is 0 Å². The van der Waals surface area contributed by atoms with Crippen molar-refractivity contribution in [3.05, 3.63) is 40.4 Å². The highest BCUT2D eigenvalue weighted by molar-refractivity contribution is 5.95. The molecule has 3 aromatic rings. The number of fused-ring (bicyclic) bond motifs is 1. The summed E-state index contributed by atoms with van der Waals surface area (Å²) in [6.07, 6.45) is 7.38. The topological polar surface area (TPSA) is 130 Å². The van der Waals surface area contributed by atoms with Crippen molar-refractivity contribution >= 4 is 28.7 Å². The van der Waals surface area contributed by atoms with E-state index in [4.69, 9.17) is 4.74 Å². The van der Waals surface area contributed by atoms with Crippen molar-refractivity contribution in [3.8, 4) is 11.8 Å². The summed E-state index contributed by atoms with van der Waals surface area (Å²) in [5.74, 6) is 0.654. The fourth-order valence-electron chi connectivity index (χ4n) is 5.31. The lowest BCUT2D eigenvalue weighted by Gasteiger charge is -2.29. The number of nitrogens with one attached hydrogen (secondary N) is 2. The van der Waals surface area contributed by atoms with Crippen molar-refractivity contribution in [2.45, 2.75) is 57.2 Å². The van der Waals surface area contributed by atoms with Gasteiger partial charge in [0.25, 0.3) is 5.91 Å². The van der Waals surface area contributed by atoms with Gasteiger partial charge < -0.3 is 20.3 Å². The van der Waals surface area contributed by atoms with Crippen LogP contribution < -0.4 is 21.1 Å². The molecule has 0 atom stereocenters. The highest BCUT2D eigenvalue weighted by Crippen LogP contribution is 2.32. The lowest BCUT2D eigenvalue weighted by molar-refractivity contribution is 0.0916. The molecule has 2 aromatic heterocycles. The maximum atomic E-state index is 13.1. The Morgan fingerprint density at radius 3 is 2.68 bits per heavy atom. The van der Waals surface area contributed by atoms with Crippen LogP contribution in [0.15, 0.2) is 29.2 Å². The molecule has 11 nitrogen and oxygen atoms in total. The predicted molar refractivity (Wildman–Crippen MR) is 139 cm³/mol. The van der Waals surface area contributed by atoms with Crippen molar-refractivity contribution in [2.24, 2.45) is 0 Å². The van der Waals surface area contributed by atoms with Crippen LogP contribution in [0.5, 0.6) is 5.75 Å². The number of methoxy groups -OCH3 is 1. The van der Waals surface area contributed by atoms with E-state index in [1.54, 1.807) is 36.1 Å². The lowest BCUT2D eigenvalue weighted by atomic mass is 10.0. The van der Waals surface area contributed by atoms with Crippen LogP contribution in [0.1, 0.15) is 54.9 Å². The molecule has 1 saturated heterocycles. The number of carbonyl (C=O) groups excluding carboxylic acids is 1. The van der Waals surface area contributed by atoms with E-state index in [0.29, 0.717) is 34.1 Å². The number of nitrogens with zero attached hydrogens (tertiary/aromatic N) is 6. The average molecular weight is 505 g/mol. The van der Waals surface area contributed by atoms with Gasteiger partial charge in [0.2, 0.25) is 5.95 Å². The maximum Gasteiger partial charge on any atom is 0.331 e. The van der Waals surface area contributed by atoms with Crippen molar-refractivity contribution < 1.29 is 9.53 Å². The molecule has 0 radical (unpaired) electrons. The van der Waals surface area contributed by atoms with Crippen LogP contribution in [0, 0.1) is 11.3 Å². The van der Waals surface area contributed by atoms with Crippen LogP contribution in [-0.4, -0.2) is 63.2 Å². The van der Waals surface area contributed by atoms with Gasteiger partial charge in [0.05, 0.1) is 25.1 Å². The molecule has 0 spiro atoms. The van der Waals surface area contributed by atoms with Crippen LogP contribution in [-0.2, 0) is 6.54 Å². The minimum absolute atomic E-state index is 0.0555. The first-order valence-electron chi connectivity index (χ1n) is 12.8. The average Bonchev–Trinajstić information content (AvgIpc) is 3.52. The molecule has 194 valence electrons. The Morgan fingerprint density at radius 1 is 1.22 bits per heavy atom. The summed E-state index contributed by atoms with van der Waals surface area (Å²) < 4.78 is 8.69. The summed E-state index contributed by atoms with van der Waals surface area (Å²) in [5.41, 5.74) is 1.94. The number of aromatic nitrogens is 4. The normalized spacial score (nSPS) is 17.1. The number of rotatable bonds is 7. The maximum absolute atomic E-state index is 13.1. The Kier molecular flexibility index (Phi) is 7.10. The van der Waals surface area contributed by atoms with Gasteiger partial charge in [0, 0.05) is 17.6 Å². The van der Waals surface area contributed by atoms with Crippen LogP contribution in [0.2, 0.25) is 0 Å². The summed E-state index contributed by atoms with van der Waals surface area (Å²) in [5, 5.41) is 15.5. The number of imidazole rings is 1. The molecule has 11 heteroatoms. The van der Waals surface area contributed by atoms with Crippen molar-refractivity contribution in [2.75, 3.05) is 32.6 Å². The van der Waals surface area contributed by atoms with Gasteiger partial charge in [-0.25, -0.2) is 9.78 Å². The van der Waals surface area contributed by atoms with Gasteiger partial charge in [-0.3, -0.25) is 13.9 Å². The van der Waals surface area contributed by atoms with E-state index in [2.05, 4.69) is 38.6 Å². The monoisotopic (exact) mass is 504 g/mol.